The summed E-state index contributed by atoms with van der Waals surface area (Å²) in [5, 5.41) is 1.03. The van der Waals surface area contributed by atoms with Crippen LogP contribution >= 0.6 is 11.8 Å². The minimum absolute atomic E-state index is 0.186. The van der Waals surface area contributed by atoms with Crippen molar-refractivity contribution < 1.29 is 13.9 Å². The highest BCUT2D eigenvalue weighted by molar-refractivity contribution is 7.98. The largest absolute Gasteiger partial charge is 0.493 e. The predicted octanol–water partition coefficient (Wildman–Crippen LogP) is 4.83. The quantitative estimate of drug-likeness (QED) is 0.329. The summed E-state index contributed by atoms with van der Waals surface area (Å²) >= 11 is 1.37. The zero-order valence-corrected chi connectivity index (χ0v) is 17.3. The first-order valence-electron chi connectivity index (χ1n) is 9.22. The summed E-state index contributed by atoms with van der Waals surface area (Å²) in [7, 11) is 3.10. The van der Waals surface area contributed by atoms with Gasteiger partial charge < -0.3 is 9.47 Å². The zero-order valence-electron chi connectivity index (χ0n) is 16.5. The van der Waals surface area contributed by atoms with Crippen molar-refractivity contribution in [3.63, 3.8) is 0 Å². The Morgan fingerprint density at radius 1 is 0.967 bits per heavy atom. The fraction of sp³-hybridized carbons (Fsp3) is 0.130. The van der Waals surface area contributed by atoms with Gasteiger partial charge in [-0.05, 0) is 42.0 Å². The Balaban J connectivity index is 1.85. The van der Waals surface area contributed by atoms with E-state index in [1.807, 2.05) is 24.3 Å². The van der Waals surface area contributed by atoms with Crippen LogP contribution in [-0.2, 0) is 5.75 Å². The number of ether oxygens (including phenoxy) is 2. The molecule has 4 rings (SSSR count). The molecule has 1 heterocycles. The highest BCUT2D eigenvalue weighted by Crippen LogP contribution is 2.31. The minimum atomic E-state index is -0.295. The smallest absolute Gasteiger partial charge is 0.266 e. The Morgan fingerprint density at radius 3 is 2.53 bits per heavy atom. The van der Waals surface area contributed by atoms with Crippen LogP contribution in [0.3, 0.4) is 0 Å². The van der Waals surface area contributed by atoms with Gasteiger partial charge >= 0.3 is 0 Å². The minimum Gasteiger partial charge on any atom is -0.493 e. The van der Waals surface area contributed by atoms with Crippen LogP contribution in [-0.4, -0.2) is 23.8 Å². The van der Waals surface area contributed by atoms with E-state index < -0.39 is 0 Å². The Kier molecular flexibility index (Phi) is 5.72. The van der Waals surface area contributed by atoms with Crippen LogP contribution in [0.2, 0.25) is 0 Å². The summed E-state index contributed by atoms with van der Waals surface area (Å²) in [5.41, 5.74) is 1.84. The van der Waals surface area contributed by atoms with E-state index in [2.05, 4.69) is 0 Å². The van der Waals surface area contributed by atoms with Gasteiger partial charge in [-0.25, -0.2) is 9.37 Å². The van der Waals surface area contributed by atoms with Gasteiger partial charge in [0.2, 0.25) is 0 Å². The number of para-hydroxylation sites is 1. The van der Waals surface area contributed by atoms with E-state index >= 15 is 0 Å². The molecule has 0 amide bonds. The zero-order chi connectivity index (χ0) is 21.1. The molecule has 152 valence electrons. The Bertz CT molecular complexity index is 1270. The van der Waals surface area contributed by atoms with Gasteiger partial charge in [0, 0.05) is 11.8 Å². The molecular formula is C23H19FN2O3S. The molecule has 0 N–H and O–H groups in total. The van der Waals surface area contributed by atoms with E-state index in [0.717, 1.165) is 5.56 Å². The molecule has 4 aromatic rings. The van der Waals surface area contributed by atoms with Crippen molar-refractivity contribution in [1.29, 1.82) is 0 Å². The van der Waals surface area contributed by atoms with E-state index in [1.54, 1.807) is 49.1 Å². The monoisotopic (exact) mass is 422 g/mol. The maximum Gasteiger partial charge on any atom is 0.266 e. The van der Waals surface area contributed by atoms with Gasteiger partial charge in [0.25, 0.3) is 5.56 Å². The van der Waals surface area contributed by atoms with Crippen LogP contribution in [0.1, 0.15) is 5.56 Å². The van der Waals surface area contributed by atoms with Gasteiger partial charge in [-0.3, -0.25) is 9.36 Å². The van der Waals surface area contributed by atoms with E-state index in [1.165, 1.54) is 23.9 Å². The topological polar surface area (TPSA) is 53.4 Å². The number of hydrogen-bond acceptors (Lipinski definition) is 5. The van der Waals surface area contributed by atoms with Gasteiger partial charge in [0.1, 0.15) is 5.82 Å². The SMILES string of the molecule is COc1ccc(-n2c(SCc3cccc(F)c3)nc3ccccc3c2=O)cc1OC. The van der Waals surface area contributed by atoms with E-state index in [4.69, 9.17) is 14.5 Å². The number of halogens is 1. The van der Waals surface area contributed by atoms with Gasteiger partial charge in [0.05, 0.1) is 30.8 Å². The normalized spacial score (nSPS) is 10.9. The third-order valence-corrected chi connectivity index (χ3v) is 5.64. The summed E-state index contributed by atoms with van der Waals surface area (Å²) in [6, 6.07) is 18.9. The van der Waals surface area contributed by atoms with Crippen molar-refractivity contribution in [2.75, 3.05) is 14.2 Å². The van der Waals surface area contributed by atoms with Crippen LogP contribution in [0.4, 0.5) is 4.39 Å². The number of aromatic nitrogens is 2. The lowest BCUT2D eigenvalue weighted by Crippen LogP contribution is -2.21. The third kappa shape index (κ3) is 3.89. The molecule has 7 heteroatoms. The maximum atomic E-state index is 13.6. The lowest BCUT2D eigenvalue weighted by atomic mass is 10.2. The Labute approximate surface area is 177 Å². The predicted molar refractivity (Wildman–Crippen MR) is 116 cm³/mol. The molecule has 3 aromatic carbocycles. The van der Waals surface area contributed by atoms with E-state index in [0.29, 0.717) is 39.0 Å². The number of fused-ring (bicyclic) bond motifs is 1. The average Bonchev–Trinajstić information content (AvgIpc) is 2.77. The highest BCUT2D eigenvalue weighted by atomic mass is 32.2. The van der Waals surface area contributed by atoms with Gasteiger partial charge in [-0.2, -0.15) is 0 Å². The second-order valence-corrected chi connectivity index (χ2v) is 7.45. The van der Waals surface area contributed by atoms with Crippen LogP contribution in [0.5, 0.6) is 11.5 Å². The molecule has 0 unspecified atom stereocenters. The molecular weight excluding hydrogens is 403 g/mol. The molecule has 0 aliphatic rings. The Hall–Kier alpha value is -3.32. The molecule has 5 nitrogen and oxygen atoms in total. The van der Waals surface area contributed by atoms with Crippen molar-refractivity contribution in [2.24, 2.45) is 0 Å². The second-order valence-electron chi connectivity index (χ2n) is 6.51. The molecule has 0 aliphatic heterocycles. The van der Waals surface area contributed by atoms with Gasteiger partial charge in [-0.1, -0.05) is 36.0 Å². The Morgan fingerprint density at radius 2 is 1.77 bits per heavy atom. The van der Waals surface area contributed by atoms with Crippen LogP contribution in [0.25, 0.3) is 16.6 Å². The lowest BCUT2D eigenvalue weighted by molar-refractivity contribution is 0.354. The summed E-state index contributed by atoms with van der Waals surface area (Å²) in [6.07, 6.45) is 0. The molecule has 0 atom stereocenters. The van der Waals surface area contributed by atoms with Crippen molar-refractivity contribution >= 4 is 22.7 Å². The number of nitrogens with zero attached hydrogens (tertiary/aromatic N) is 2. The first-order valence-corrected chi connectivity index (χ1v) is 10.2. The second kappa shape index (κ2) is 8.59. The fourth-order valence-electron chi connectivity index (χ4n) is 3.18. The van der Waals surface area contributed by atoms with Crippen molar-refractivity contribution in [3.05, 3.63) is 88.5 Å². The summed E-state index contributed by atoms with van der Waals surface area (Å²) in [4.78, 5) is 18.1. The molecule has 0 spiro atoms. The molecule has 30 heavy (non-hydrogen) atoms. The molecule has 1 aromatic heterocycles. The first kappa shape index (κ1) is 20.0. The maximum absolute atomic E-state index is 13.6. The van der Waals surface area contributed by atoms with Crippen LogP contribution < -0.4 is 15.0 Å². The molecule has 0 radical (unpaired) electrons. The van der Waals surface area contributed by atoms with Gasteiger partial charge in [0.15, 0.2) is 16.7 Å². The van der Waals surface area contributed by atoms with Crippen molar-refractivity contribution in [1.82, 2.24) is 9.55 Å². The molecule has 0 saturated carbocycles. The van der Waals surface area contributed by atoms with E-state index in [-0.39, 0.29) is 11.4 Å². The molecule has 0 saturated heterocycles. The summed E-state index contributed by atoms with van der Waals surface area (Å²) in [5.74, 6) is 1.25. The summed E-state index contributed by atoms with van der Waals surface area (Å²) < 4.78 is 25.8. The number of thioether (sulfide) groups is 1. The van der Waals surface area contributed by atoms with Crippen molar-refractivity contribution in [2.45, 2.75) is 10.9 Å². The average molecular weight is 422 g/mol. The number of methoxy groups -OCH3 is 2. The molecule has 0 fully saturated rings. The fourth-order valence-corrected chi connectivity index (χ4v) is 4.13. The lowest BCUT2D eigenvalue weighted by Gasteiger charge is -2.15. The molecule has 0 aliphatic carbocycles. The standard InChI is InChI=1S/C23H19FN2O3S/c1-28-20-11-10-17(13-21(20)29-2)26-22(27)18-8-3-4-9-19(18)25-23(26)30-14-15-6-5-7-16(24)12-15/h3-13H,14H2,1-2H3. The third-order valence-electron chi connectivity index (χ3n) is 4.63. The number of rotatable bonds is 6. The highest BCUT2D eigenvalue weighted by Gasteiger charge is 2.15. The number of hydrogen-bond donors (Lipinski definition) is 0. The van der Waals surface area contributed by atoms with Crippen LogP contribution in [0.15, 0.2) is 76.7 Å². The van der Waals surface area contributed by atoms with Gasteiger partial charge in [-0.15, -0.1) is 0 Å². The van der Waals surface area contributed by atoms with Crippen LogP contribution in [0, 0.1) is 5.82 Å². The number of benzene rings is 3. The summed E-state index contributed by atoms with van der Waals surface area (Å²) in [6.45, 7) is 0. The van der Waals surface area contributed by atoms with Crippen molar-refractivity contribution in [3.8, 4) is 17.2 Å². The first-order chi connectivity index (χ1) is 14.6. The molecule has 0 bridgehead atoms. The van der Waals surface area contributed by atoms with E-state index in [9.17, 15) is 9.18 Å².